The van der Waals surface area contributed by atoms with E-state index in [9.17, 15) is 9.59 Å². The first-order valence-electron chi connectivity index (χ1n) is 12.0. The first-order chi connectivity index (χ1) is 17.9. The molecule has 4 heterocycles. The maximum Gasteiger partial charge on any atom is 0.263 e. The Hall–Kier alpha value is -4.32. The summed E-state index contributed by atoms with van der Waals surface area (Å²) in [6.45, 7) is 0.948. The minimum Gasteiger partial charge on any atom is -0.495 e. The number of ether oxygens (including phenoxy) is 2. The van der Waals surface area contributed by atoms with Crippen LogP contribution in [0.1, 0.15) is 5.56 Å². The van der Waals surface area contributed by atoms with Crippen molar-refractivity contribution >= 4 is 46.0 Å². The number of likely N-dealkylation sites (N-methyl/N-ethyl adjacent to an activating group) is 2. The van der Waals surface area contributed by atoms with E-state index in [2.05, 4.69) is 25.9 Å². The van der Waals surface area contributed by atoms with Gasteiger partial charge in [0.2, 0.25) is 11.9 Å². The lowest BCUT2D eigenvalue weighted by Gasteiger charge is -2.21. The zero-order valence-electron chi connectivity index (χ0n) is 21.2. The fourth-order valence-electron chi connectivity index (χ4n) is 4.57. The summed E-state index contributed by atoms with van der Waals surface area (Å²) in [4.78, 5) is 41.1. The van der Waals surface area contributed by atoms with Gasteiger partial charge < -0.3 is 40.2 Å². The predicted octanol–water partition coefficient (Wildman–Crippen LogP) is 1.60. The average Bonchev–Trinajstić information content (AvgIpc) is 3.62. The molecule has 0 saturated carbocycles. The van der Waals surface area contributed by atoms with Crippen molar-refractivity contribution < 1.29 is 19.1 Å². The number of amides is 2. The largest absolute Gasteiger partial charge is 0.495 e. The van der Waals surface area contributed by atoms with E-state index in [1.54, 1.807) is 31.3 Å². The minimum atomic E-state index is -0.715. The second-order valence-electron chi connectivity index (χ2n) is 9.14. The topological polar surface area (TPSA) is 137 Å². The van der Waals surface area contributed by atoms with E-state index in [4.69, 9.17) is 14.5 Å². The summed E-state index contributed by atoms with van der Waals surface area (Å²) >= 11 is 0. The predicted molar refractivity (Wildman–Crippen MR) is 140 cm³/mol. The molecular weight excluding hydrogens is 476 g/mol. The molecule has 37 heavy (non-hydrogen) atoms. The summed E-state index contributed by atoms with van der Waals surface area (Å²) in [6, 6.07) is 5.30. The third-order valence-corrected chi connectivity index (χ3v) is 6.36. The lowest BCUT2D eigenvalue weighted by Crippen LogP contribution is -2.42. The Morgan fingerprint density at radius 2 is 2.14 bits per heavy atom. The van der Waals surface area contributed by atoms with E-state index in [1.165, 1.54) is 6.26 Å². The Balaban J connectivity index is 1.46. The van der Waals surface area contributed by atoms with Gasteiger partial charge in [0.25, 0.3) is 5.91 Å². The van der Waals surface area contributed by atoms with Crippen molar-refractivity contribution in [2.75, 3.05) is 56.9 Å². The lowest BCUT2D eigenvalue weighted by atomic mass is 10.1. The number of hydrogen-bond acceptors (Lipinski definition) is 9. The zero-order valence-corrected chi connectivity index (χ0v) is 21.2. The van der Waals surface area contributed by atoms with Gasteiger partial charge in [0, 0.05) is 25.5 Å². The average molecular weight is 507 g/mol. The molecule has 12 heteroatoms. The van der Waals surface area contributed by atoms with Crippen LogP contribution in [0.2, 0.25) is 0 Å². The summed E-state index contributed by atoms with van der Waals surface area (Å²) in [5, 5.41) is 9.94. The zero-order chi connectivity index (χ0) is 26.1. The number of aromatic nitrogens is 3. The van der Waals surface area contributed by atoms with E-state index in [0.717, 1.165) is 23.1 Å². The van der Waals surface area contributed by atoms with Gasteiger partial charge in [-0.15, -0.1) is 0 Å². The molecule has 2 aliphatic rings. The van der Waals surface area contributed by atoms with Crippen molar-refractivity contribution in [2.24, 2.45) is 0 Å². The maximum absolute atomic E-state index is 12.8. The van der Waals surface area contributed by atoms with Gasteiger partial charge in [0.15, 0.2) is 6.10 Å². The number of nitrogens with zero attached hydrogens (tertiary/aromatic N) is 4. The van der Waals surface area contributed by atoms with Gasteiger partial charge in [-0.3, -0.25) is 9.59 Å². The van der Waals surface area contributed by atoms with E-state index < -0.39 is 12.1 Å². The number of anilines is 4. The molecule has 0 fully saturated rings. The number of methoxy groups -OCH3 is 1. The summed E-state index contributed by atoms with van der Waals surface area (Å²) in [7, 11) is 6.92. The molecule has 0 radical (unpaired) electrons. The fraction of sp³-hybridized carbons (Fsp3) is 0.360. The smallest absolute Gasteiger partial charge is 0.263 e. The van der Waals surface area contributed by atoms with Crippen LogP contribution in [0.15, 0.2) is 36.7 Å². The molecule has 2 atom stereocenters. The Kier molecular flexibility index (Phi) is 6.57. The highest BCUT2D eigenvalue weighted by Gasteiger charge is 2.32. The van der Waals surface area contributed by atoms with Crippen LogP contribution >= 0.6 is 0 Å². The monoisotopic (exact) mass is 506 g/mol. The number of benzene rings is 1. The standard InChI is InChI=1S/C25H30N8O4/c1-26-24(35)21-16(7-10-37-21)28-23-15-5-8-27-22(15)30-25(31-23)29-17-12-18-14(11-19(17)36-4)6-9-33(18)20(34)13-32(2)3/h5,7-8,10-12,16,21H,6,9,13H2,1-4H3,(H,26,35)(H3,27,28,29,30,31). The highest BCUT2D eigenvalue weighted by atomic mass is 16.5. The molecule has 4 N–H and O–H groups in total. The number of hydrogen-bond donors (Lipinski definition) is 4. The van der Waals surface area contributed by atoms with Crippen molar-refractivity contribution in [2.45, 2.75) is 18.6 Å². The van der Waals surface area contributed by atoms with Crippen molar-refractivity contribution in [1.82, 2.24) is 25.2 Å². The third kappa shape index (κ3) is 4.75. The minimum absolute atomic E-state index is 0.0351. The molecule has 0 aliphatic carbocycles. The van der Waals surface area contributed by atoms with Crippen LogP contribution in [0.4, 0.5) is 23.1 Å². The van der Waals surface area contributed by atoms with Crippen molar-refractivity contribution in [3.05, 3.63) is 42.3 Å². The van der Waals surface area contributed by atoms with Crippen LogP contribution in [-0.2, 0) is 20.7 Å². The van der Waals surface area contributed by atoms with Crippen molar-refractivity contribution in [3.63, 3.8) is 0 Å². The molecule has 0 bridgehead atoms. The quantitative estimate of drug-likeness (QED) is 0.359. The normalized spacial score (nSPS) is 18.1. The van der Waals surface area contributed by atoms with Gasteiger partial charge in [-0.1, -0.05) is 0 Å². The SMILES string of the molecule is CNC(=O)C1OC=CC1Nc1nc(Nc2cc3c(cc2OC)CCN3C(=O)CN(C)C)nc2[nH]ccc12. The Bertz CT molecular complexity index is 1370. The second-order valence-corrected chi connectivity index (χ2v) is 9.14. The molecule has 12 nitrogen and oxygen atoms in total. The number of carbonyl (C=O) groups excluding carboxylic acids is 2. The molecule has 2 aliphatic heterocycles. The summed E-state index contributed by atoms with van der Waals surface area (Å²) in [6.07, 6.45) is 5.10. The van der Waals surface area contributed by atoms with Gasteiger partial charge in [-0.25, -0.2) is 0 Å². The number of aromatic amines is 1. The molecule has 2 aromatic heterocycles. The highest BCUT2D eigenvalue weighted by Crippen LogP contribution is 2.38. The first-order valence-corrected chi connectivity index (χ1v) is 12.0. The van der Waals surface area contributed by atoms with Crippen LogP contribution in [0.3, 0.4) is 0 Å². The first kappa shape index (κ1) is 24.4. The summed E-state index contributed by atoms with van der Waals surface area (Å²) < 4.78 is 11.1. The Morgan fingerprint density at radius 1 is 1.30 bits per heavy atom. The van der Waals surface area contributed by atoms with E-state index in [1.807, 2.05) is 37.2 Å². The molecule has 1 aromatic carbocycles. The molecular formula is C25H30N8O4. The molecule has 194 valence electrons. The molecule has 5 rings (SSSR count). The molecule has 2 unspecified atom stereocenters. The number of nitrogens with one attached hydrogen (secondary N) is 4. The molecule has 3 aromatic rings. The van der Waals surface area contributed by atoms with Crippen LogP contribution in [0.25, 0.3) is 11.0 Å². The molecule has 0 spiro atoms. The van der Waals surface area contributed by atoms with Gasteiger partial charge in [0.1, 0.15) is 17.2 Å². The van der Waals surface area contributed by atoms with Crippen LogP contribution < -0.4 is 25.6 Å². The van der Waals surface area contributed by atoms with Gasteiger partial charge >= 0.3 is 0 Å². The van der Waals surface area contributed by atoms with E-state index >= 15 is 0 Å². The fourth-order valence-corrected chi connectivity index (χ4v) is 4.57. The Morgan fingerprint density at radius 3 is 2.89 bits per heavy atom. The number of rotatable bonds is 8. The molecule has 0 saturated heterocycles. The van der Waals surface area contributed by atoms with Crippen LogP contribution in [0, 0.1) is 0 Å². The third-order valence-electron chi connectivity index (χ3n) is 6.36. The number of fused-ring (bicyclic) bond motifs is 2. The van der Waals surface area contributed by atoms with Gasteiger partial charge in [0.05, 0.1) is 37.0 Å². The molecule has 2 amide bonds. The highest BCUT2D eigenvalue weighted by molar-refractivity contribution is 5.98. The van der Waals surface area contributed by atoms with Crippen LogP contribution in [-0.4, -0.2) is 85.2 Å². The lowest BCUT2D eigenvalue weighted by molar-refractivity contribution is -0.128. The summed E-state index contributed by atoms with van der Waals surface area (Å²) in [5.41, 5.74) is 3.14. The Labute approximate surface area is 214 Å². The van der Waals surface area contributed by atoms with Crippen molar-refractivity contribution in [1.29, 1.82) is 0 Å². The summed E-state index contributed by atoms with van der Waals surface area (Å²) in [5.74, 6) is 1.27. The van der Waals surface area contributed by atoms with E-state index in [-0.39, 0.29) is 11.8 Å². The van der Waals surface area contributed by atoms with Crippen LogP contribution in [0.5, 0.6) is 5.75 Å². The van der Waals surface area contributed by atoms with Gasteiger partial charge in [-0.05, 0) is 50.4 Å². The van der Waals surface area contributed by atoms with E-state index in [0.29, 0.717) is 41.9 Å². The van der Waals surface area contributed by atoms with Gasteiger partial charge in [-0.2, -0.15) is 9.97 Å². The second kappa shape index (κ2) is 9.97. The number of H-pyrrole nitrogens is 1. The van der Waals surface area contributed by atoms with Crippen molar-refractivity contribution in [3.8, 4) is 5.75 Å². The number of carbonyl (C=O) groups is 2. The maximum atomic E-state index is 12.8.